The molecule has 8 nitrogen and oxygen atoms in total. The number of aryl methyl sites for hydroxylation is 1. The maximum absolute atomic E-state index is 13.0. The van der Waals surface area contributed by atoms with Crippen LogP contribution >= 0.6 is 11.6 Å². The van der Waals surface area contributed by atoms with Crippen LogP contribution in [0.5, 0.6) is 5.75 Å². The lowest BCUT2D eigenvalue weighted by molar-refractivity contribution is -0.122. The van der Waals surface area contributed by atoms with Crippen molar-refractivity contribution in [2.24, 2.45) is 0 Å². The highest BCUT2D eigenvalue weighted by Crippen LogP contribution is 2.27. The van der Waals surface area contributed by atoms with Gasteiger partial charge >= 0.3 is 0 Å². The summed E-state index contributed by atoms with van der Waals surface area (Å²) in [6, 6.07) is 12.5. The van der Waals surface area contributed by atoms with E-state index < -0.39 is 22.0 Å². The third-order valence-corrected chi connectivity index (χ3v) is 6.63. The van der Waals surface area contributed by atoms with Gasteiger partial charge in [0.05, 0.1) is 22.9 Å². The van der Waals surface area contributed by atoms with Gasteiger partial charge in [0.2, 0.25) is 15.9 Å². The van der Waals surface area contributed by atoms with Crippen molar-refractivity contribution in [3.63, 3.8) is 0 Å². The zero-order valence-corrected chi connectivity index (χ0v) is 19.8. The number of ether oxygens (including phenoxy) is 1. The molecule has 2 aromatic carbocycles. The van der Waals surface area contributed by atoms with Crippen molar-refractivity contribution in [2.45, 2.75) is 37.2 Å². The van der Waals surface area contributed by atoms with Gasteiger partial charge in [-0.1, -0.05) is 41.9 Å². The Labute approximate surface area is 199 Å². The monoisotopic (exact) mass is 490 g/mol. The van der Waals surface area contributed by atoms with Crippen LogP contribution in [0.25, 0.3) is 0 Å². The molecule has 176 valence electrons. The second kappa shape index (κ2) is 11.8. The van der Waals surface area contributed by atoms with E-state index in [2.05, 4.69) is 15.0 Å². The summed E-state index contributed by atoms with van der Waals surface area (Å²) in [4.78, 5) is 16.9. The van der Waals surface area contributed by atoms with E-state index in [1.54, 1.807) is 12.5 Å². The van der Waals surface area contributed by atoms with Gasteiger partial charge in [0, 0.05) is 25.5 Å². The third kappa shape index (κ3) is 7.31. The Hall–Kier alpha value is -2.88. The molecule has 3 rings (SSSR count). The minimum Gasteiger partial charge on any atom is -0.492 e. The fourth-order valence-corrected chi connectivity index (χ4v) is 4.75. The van der Waals surface area contributed by atoms with Crippen LogP contribution in [0, 0.1) is 0 Å². The standard InChI is InChI=1S/C23H27ClN4O4S/c1-2-32-22-10-9-19(16-20(22)24)33(30,31)27-21(15-18-7-4-3-5-8-18)23(29)26-11-6-13-28-14-12-25-17-28/h3-5,7-10,12,14,16-17,21,27H,2,6,11,13,15H2,1H3,(H,26,29). The summed E-state index contributed by atoms with van der Waals surface area (Å²) in [5, 5.41) is 3.01. The second-order valence-electron chi connectivity index (χ2n) is 7.33. The quantitative estimate of drug-likeness (QED) is 0.380. The molecule has 0 spiro atoms. The SMILES string of the molecule is CCOc1ccc(S(=O)(=O)NC(Cc2ccccc2)C(=O)NCCCn2ccnc2)cc1Cl. The summed E-state index contributed by atoms with van der Waals surface area (Å²) < 4.78 is 35.9. The number of amides is 1. The van der Waals surface area contributed by atoms with E-state index in [1.165, 1.54) is 18.2 Å². The number of hydrogen-bond acceptors (Lipinski definition) is 5. The van der Waals surface area contributed by atoms with E-state index in [1.807, 2.05) is 48.0 Å². The molecular weight excluding hydrogens is 464 g/mol. The average molecular weight is 491 g/mol. The summed E-state index contributed by atoms with van der Waals surface area (Å²) in [5.74, 6) is -0.000296. The van der Waals surface area contributed by atoms with Crippen LogP contribution in [0.2, 0.25) is 5.02 Å². The topological polar surface area (TPSA) is 102 Å². The molecule has 1 atom stereocenters. The van der Waals surface area contributed by atoms with Crippen LogP contribution in [0.15, 0.2) is 72.1 Å². The number of rotatable bonds is 12. The highest BCUT2D eigenvalue weighted by molar-refractivity contribution is 7.89. The molecule has 0 aliphatic carbocycles. The first-order valence-electron chi connectivity index (χ1n) is 10.6. The Bertz CT molecular complexity index is 1140. The summed E-state index contributed by atoms with van der Waals surface area (Å²) in [7, 11) is -4.01. The number of hydrogen-bond donors (Lipinski definition) is 2. The van der Waals surface area contributed by atoms with Crippen molar-refractivity contribution < 1.29 is 17.9 Å². The third-order valence-electron chi connectivity index (χ3n) is 4.86. The van der Waals surface area contributed by atoms with Crippen molar-refractivity contribution in [3.05, 3.63) is 77.8 Å². The van der Waals surface area contributed by atoms with Crippen LogP contribution in [0.4, 0.5) is 0 Å². The minimum atomic E-state index is -4.01. The fourth-order valence-electron chi connectivity index (χ4n) is 3.23. The van der Waals surface area contributed by atoms with Gasteiger partial charge in [-0.05, 0) is 43.5 Å². The maximum atomic E-state index is 13.0. The smallest absolute Gasteiger partial charge is 0.241 e. The Kier molecular flexibility index (Phi) is 8.87. The fraction of sp³-hybridized carbons (Fsp3) is 0.304. The number of benzene rings is 2. The summed E-state index contributed by atoms with van der Waals surface area (Å²) in [6.07, 6.45) is 6.13. The Morgan fingerprint density at radius 2 is 2.00 bits per heavy atom. The predicted octanol–water partition coefficient (Wildman–Crippen LogP) is 3.03. The summed E-state index contributed by atoms with van der Waals surface area (Å²) in [5.41, 5.74) is 0.837. The molecule has 0 aliphatic heterocycles. The number of halogens is 1. The van der Waals surface area contributed by atoms with Crippen molar-refractivity contribution >= 4 is 27.5 Å². The Morgan fingerprint density at radius 1 is 1.21 bits per heavy atom. The number of carbonyl (C=O) groups is 1. The van der Waals surface area contributed by atoms with Crippen LogP contribution in [0.3, 0.4) is 0 Å². The van der Waals surface area contributed by atoms with Crippen molar-refractivity contribution in [1.29, 1.82) is 0 Å². The molecule has 1 aromatic heterocycles. The van der Waals surface area contributed by atoms with Crippen molar-refractivity contribution in [3.8, 4) is 5.75 Å². The van der Waals surface area contributed by atoms with Crippen LogP contribution in [0.1, 0.15) is 18.9 Å². The van der Waals surface area contributed by atoms with E-state index in [4.69, 9.17) is 16.3 Å². The second-order valence-corrected chi connectivity index (χ2v) is 9.46. The highest BCUT2D eigenvalue weighted by Gasteiger charge is 2.26. The lowest BCUT2D eigenvalue weighted by atomic mass is 10.1. The molecule has 0 radical (unpaired) electrons. The molecule has 1 unspecified atom stereocenters. The number of sulfonamides is 1. The van der Waals surface area contributed by atoms with Gasteiger partial charge < -0.3 is 14.6 Å². The maximum Gasteiger partial charge on any atom is 0.241 e. The lowest BCUT2D eigenvalue weighted by Crippen LogP contribution is -2.48. The molecular formula is C23H27ClN4O4S. The van der Waals surface area contributed by atoms with Gasteiger partial charge in [0.25, 0.3) is 0 Å². The van der Waals surface area contributed by atoms with Gasteiger partial charge in [-0.2, -0.15) is 4.72 Å². The normalized spacial score (nSPS) is 12.3. The van der Waals surface area contributed by atoms with Gasteiger partial charge in [-0.3, -0.25) is 4.79 Å². The van der Waals surface area contributed by atoms with Crippen LogP contribution < -0.4 is 14.8 Å². The summed E-state index contributed by atoms with van der Waals surface area (Å²) >= 11 is 6.17. The molecule has 0 aliphatic rings. The zero-order valence-electron chi connectivity index (χ0n) is 18.3. The Morgan fingerprint density at radius 3 is 2.67 bits per heavy atom. The first kappa shape index (κ1) is 24.8. The molecule has 2 N–H and O–H groups in total. The van der Waals surface area contributed by atoms with E-state index in [0.717, 1.165) is 5.56 Å². The molecule has 1 heterocycles. The Balaban J connectivity index is 1.71. The van der Waals surface area contributed by atoms with Crippen LogP contribution in [-0.4, -0.2) is 43.1 Å². The molecule has 0 saturated heterocycles. The molecule has 3 aromatic rings. The molecule has 0 fully saturated rings. The number of nitrogens with one attached hydrogen (secondary N) is 2. The van der Waals surface area contributed by atoms with E-state index in [9.17, 15) is 13.2 Å². The number of carbonyl (C=O) groups excluding carboxylic acids is 1. The molecule has 10 heteroatoms. The summed E-state index contributed by atoms with van der Waals surface area (Å²) in [6.45, 7) is 3.31. The molecule has 0 saturated carbocycles. The molecule has 0 bridgehead atoms. The van der Waals surface area contributed by atoms with Crippen molar-refractivity contribution in [1.82, 2.24) is 19.6 Å². The molecule has 1 amide bonds. The molecule has 33 heavy (non-hydrogen) atoms. The largest absolute Gasteiger partial charge is 0.492 e. The number of aromatic nitrogens is 2. The number of imidazole rings is 1. The predicted molar refractivity (Wildman–Crippen MR) is 127 cm³/mol. The van der Waals surface area contributed by atoms with E-state index in [-0.39, 0.29) is 16.3 Å². The first-order chi connectivity index (χ1) is 15.9. The van der Waals surface area contributed by atoms with Crippen molar-refractivity contribution in [2.75, 3.05) is 13.2 Å². The van der Waals surface area contributed by atoms with E-state index >= 15 is 0 Å². The zero-order chi connectivity index (χ0) is 23.7. The number of nitrogens with zero attached hydrogens (tertiary/aromatic N) is 2. The van der Waals surface area contributed by atoms with E-state index in [0.29, 0.717) is 31.9 Å². The van der Waals surface area contributed by atoms with Gasteiger partial charge in [-0.25, -0.2) is 13.4 Å². The van der Waals surface area contributed by atoms with Gasteiger partial charge in [0.1, 0.15) is 11.8 Å². The lowest BCUT2D eigenvalue weighted by Gasteiger charge is -2.19. The minimum absolute atomic E-state index is 0.0399. The van der Waals surface area contributed by atoms with Gasteiger partial charge in [0.15, 0.2) is 0 Å². The highest BCUT2D eigenvalue weighted by atomic mass is 35.5. The first-order valence-corrected chi connectivity index (χ1v) is 12.5. The van der Waals surface area contributed by atoms with Gasteiger partial charge in [-0.15, -0.1) is 0 Å². The van der Waals surface area contributed by atoms with Crippen LogP contribution in [-0.2, 0) is 27.8 Å². The average Bonchev–Trinajstić information content (AvgIpc) is 3.32.